The summed E-state index contributed by atoms with van der Waals surface area (Å²) in [5, 5.41) is 0.594. The van der Waals surface area contributed by atoms with Crippen LogP contribution in [-0.2, 0) is 14.3 Å². The highest BCUT2D eigenvalue weighted by Gasteiger charge is 2.41. The molecule has 2 heterocycles. The Morgan fingerprint density at radius 3 is 2.90 bits per heavy atom. The number of esters is 1. The van der Waals surface area contributed by atoms with Gasteiger partial charge in [-0.1, -0.05) is 30.5 Å². The van der Waals surface area contributed by atoms with Crippen molar-refractivity contribution in [2.45, 2.75) is 26.3 Å². The maximum atomic E-state index is 12.9. The zero-order valence-corrected chi connectivity index (χ0v) is 17.6. The molecule has 0 aliphatic carbocycles. The molecule has 2 aliphatic heterocycles. The van der Waals surface area contributed by atoms with Gasteiger partial charge in [0, 0.05) is 12.2 Å². The van der Waals surface area contributed by atoms with Gasteiger partial charge in [-0.05, 0) is 31.5 Å². The molecule has 0 unspecified atom stereocenters. The molecule has 0 radical (unpaired) electrons. The molecule has 1 amide bonds. The van der Waals surface area contributed by atoms with Crippen LogP contribution >= 0.6 is 11.8 Å². The number of aliphatic imine (C=N–C) groups is 1. The first-order valence-corrected chi connectivity index (χ1v) is 10.3. The largest absolute Gasteiger partial charge is 0.493 e. The van der Waals surface area contributed by atoms with Crippen molar-refractivity contribution >= 4 is 28.8 Å². The van der Waals surface area contributed by atoms with Crippen molar-refractivity contribution < 1.29 is 23.8 Å². The average Bonchev–Trinajstić information content (AvgIpc) is 2.71. The third-order valence-corrected chi connectivity index (χ3v) is 5.52. The maximum absolute atomic E-state index is 12.9. The number of hydrogen-bond donors (Lipinski definition) is 0. The number of hydrogen-bond acceptors (Lipinski definition) is 7. The van der Waals surface area contributed by atoms with E-state index in [1.807, 2.05) is 13.0 Å². The van der Waals surface area contributed by atoms with Crippen molar-refractivity contribution in [1.29, 1.82) is 0 Å². The summed E-state index contributed by atoms with van der Waals surface area (Å²) in [6, 6.07) is 4.76. The van der Waals surface area contributed by atoms with Crippen LogP contribution in [0.15, 0.2) is 47.1 Å². The number of amides is 1. The van der Waals surface area contributed by atoms with Gasteiger partial charge in [0.25, 0.3) is 0 Å². The van der Waals surface area contributed by atoms with Crippen LogP contribution < -0.4 is 9.47 Å². The molecule has 1 fully saturated rings. The molecule has 1 aromatic rings. The molecule has 0 aromatic heterocycles. The van der Waals surface area contributed by atoms with Gasteiger partial charge in [-0.2, -0.15) is 0 Å². The lowest BCUT2D eigenvalue weighted by Crippen LogP contribution is -2.45. The van der Waals surface area contributed by atoms with Gasteiger partial charge in [0.05, 0.1) is 31.0 Å². The van der Waals surface area contributed by atoms with Crippen LogP contribution in [0.2, 0.25) is 0 Å². The summed E-state index contributed by atoms with van der Waals surface area (Å²) in [5.74, 6) is 1.19. The van der Waals surface area contributed by atoms with Crippen LogP contribution in [0.3, 0.4) is 0 Å². The monoisotopic (exact) mass is 416 g/mol. The minimum atomic E-state index is -0.648. The van der Waals surface area contributed by atoms with Gasteiger partial charge in [-0.25, -0.2) is 9.79 Å². The highest BCUT2D eigenvalue weighted by molar-refractivity contribution is 8.14. The van der Waals surface area contributed by atoms with Crippen molar-refractivity contribution in [3.8, 4) is 11.5 Å². The number of benzene rings is 1. The van der Waals surface area contributed by atoms with Crippen molar-refractivity contribution in [2.24, 2.45) is 4.99 Å². The van der Waals surface area contributed by atoms with E-state index in [9.17, 15) is 9.59 Å². The lowest BCUT2D eigenvalue weighted by Gasteiger charge is -2.39. The normalized spacial score (nSPS) is 18.7. The number of allylic oxidation sites excluding steroid dienone is 1. The summed E-state index contributed by atoms with van der Waals surface area (Å²) in [6.45, 7) is 7.80. The highest BCUT2D eigenvalue weighted by Crippen LogP contribution is 2.42. The van der Waals surface area contributed by atoms with E-state index >= 15 is 0 Å². The third-order valence-electron chi connectivity index (χ3n) is 4.56. The molecule has 2 aliphatic rings. The van der Waals surface area contributed by atoms with Gasteiger partial charge in [0.15, 0.2) is 16.7 Å². The summed E-state index contributed by atoms with van der Waals surface area (Å²) in [5.41, 5.74) is 1.58. The van der Waals surface area contributed by atoms with E-state index < -0.39 is 12.0 Å². The van der Waals surface area contributed by atoms with Gasteiger partial charge >= 0.3 is 5.97 Å². The Bertz CT molecular complexity index is 893. The second-order valence-electron chi connectivity index (χ2n) is 6.39. The van der Waals surface area contributed by atoms with Crippen LogP contribution in [0.1, 0.15) is 31.9 Å². The fraction of sp³-hybridized carbons (Fsp3) is 0.381. The summed E-state index contributed by atoms with van der Waals surface area (Å²) in [4.78, 5) is 31.8. The van der Waals surface area contributed by atoms with Crippen molar-refractivity contribution in [3.05, 3.63) is 47.7 Å². The van der Waals surface area contributed by atoms with E-state index in [1.54, 1.807) is 31.1 Å². The summed E-state index contributed by atoms with van der Waals surface area (Å²) < 4.78 is 16.4. The van der Waals surface area contributed by atoms with Crippen LogP contribution in [0.4, 0.5) is 0 Å². The molecular formula is C21H24N2O5S. The Balaban J connectivity index is 2.12. The SMILES string of the molecule is C=CCOC(=O)C1=C(C)N=C2SCCC(=O)N2[C@H]1c1ccc(OCC)c(OC)c1. The second kappa shape index (κ2) is 9.17. The quantitative estimate of drug-likeness (QED) is 0.500. The molecule has 8 heteroatoms. The fourth-order valence-electron chi connectivity index (χ4n) is 3.31. The number of amidine groups is 1. The lowest BCUT2D eigenvalue weighted by molar-refractivity contribution is -0.139. The molecule has 0 saturated carbocycles. The minimum absolute atomic E-state index is 0.0776. The molecule has 7 nitrogen and oxygen atoms in total. The third kappa shape index (κ3) is 4.17. The molecule has 0 spiro atoms. The summed E-state index contributed by atoms with van der Waals surface area (Å²) in [6.07, 6.45) is 1.88. The van der Waals surface area contributed by atoms with E-state index in [4.69, 9.17) is 14.2 Å². The van der Waals surface area contributed by atoms with Gasteiger partial charge in [-0.15, -0.1) is 0 Å². The first kappa shape index (κ1) is 21.0. The van der Waals surface area contributed by atoms with Gasteiger partial charge < -0.3 is 14.2 Å². The Hall–Kier alpha value is -2.74. The van der Waals surface area contributed by atoms with E-state index in [1.165, 1.54) is 17.8 Å². The molecule has 0 bridgehead atoms. The Morgan fingerprint density at radius 2 is 2.21 bits per heavy atom. The smallest absolute Gasteiger partial charge is 0.338 e. The van der Waals surface area contributed by atoms with Crippen LogP contribution in [0.5, 0.6) is 11.5 Å². The number of carbonyl (C=O) groups is 2. The molecule has 29 heavy (non-hydrogen) atoms. The Kier molecular flexibility index (Phi) is 6.64. The molecule has 1 saturated heterocycles. The minimum Gasteiger partial charge on any atom is -0.493 e. The number of carbonyl (C=O) groups excluding carboxylic acids is 2. The molecular weight excluding hydrogens is 392 g/mol. The first-order chi connectivity index (χ1) is 14.0. The number of rotatable bonds is 7. The number of ether oxygens (including phenoxy) is 3. The van der Waals surface area contributed by atoms with Crippen molar-refractivity contribution in [1.82, 2.24) is 4.90 Å². The topological polar surface area (TPSA) is 77.4 Å². The van der Waals surface area contributed by atoms with Crippen LogP contribution in [0, 0.1) is 0 Å². The fourth-order valence-corrected chi connectivity index (χ4v) is 4.32. The van der Waals surface area contributed by atoms with Crippen LogP contribution in [0.25, 0.3) is 0 Å². The number of fused-ring (bicyclic) bond motifs is 1. The van der Waals surface area contributed by atoms with E-state index in [2.05, 4.69) is 11.6 Å². The van der Waals surface area contributed by atoms with E-state index in [-0.39, 0.29) is 12.5 Å². The maximum Gasteiger partial charge on any atom is 0.338 e. The Morgan fingerprint density at radius 1 is 1.41 bits per heavy atom. The predicted octanol–water partition coefficient (Wildman–Crippen LogP) is 3.47. The van der Waals surface area contributed by atoms with Crippen LogP contribution in [-0.4, -0.2) is 48.0 Å². The van der Waals surface area contributed by atoms with Gasteiger partial charge in [-0.3, -0.25) is 9.69 Å². The van der Waals surface area contributed by atoms with Gasteiger partial charge in [0.2, 0.25) is 5.91 Å². The number of methoxy groups -OCH3 is 1. The highest BCUT2D eigenvalue weighted by atomic mass is 32.2. The Labute approximate surface area is 174 Å². The number of thioether (sulfide) groups is 1. The predicted molar refractivity (Wildman–Crippen MR) is 112 cm³/mol. The average molecular weight is 416 g/mol. The van der Waals surface area contributed by atoms with Crippen molar-refractivity contribution in [3.63, 3.8) is 0 Å². The zero-order valence-electron chi connectivity index (χ0n) is 16.8. The summed E-state index contributed by atoms with van der Waals surface area (Å²) in [7, 11) is 1.55. The van der Waals surface area contributed by atoms with Crippen molar-refractivity contribution in [2.75, 3.05) is 26.1 Å². The molecule has 0 N–H and O–H groups in total. The zero-order chi connectivity index (χ0) is 21.0. The molecule has 1 aromatic carbocycles. The van der Waals surface area contributed by atoms with E-state index in [0.29, 0.717) is 46.7 Å². The van der Waals surface area contributed by atoms with Gasteiger partial charge in [0.1, 0.15) is 6.61 Å². The molecule has 3 rings (SSSR count). The lowest BCUT2D eigenvalue weighted by atomic mass is 9.94. The number of nitrogens with zero attached hydrogens (tertiary/aromatic N) is 2. The molecule has 1 atom stereocenters. The first-order valence-electron chi connectivity index (χ1n) is 9.34. The van der Waals surface area contributed by atoms with E-state index in [0.717, 1.165) is 5.56 Å². The standard InChI is InChI=1S/C21H24N2O5S/c1-5-10-28-20(25)18-13(3)22-21-23(17(24)9-11-29-21)19(18)14-7-8-15(27-6-2)16(12-14)26-4/h5,7-8,12,19H,1,6,9-11H2,2-4H3/t19-/m0/s1. The summed E-state index contributed by atoms with van der Waals surface area (Å²) >= 11 is 1.50. The molecule has 154 valence electrons. The second-order valence-corrected chi connectivity index (χ2v) is 7.45.